The zero-order chi connectivity index (χ0) is 27.8. The molecule has 0 aromatic heterocycles. The van der Waals surface area contributed by atoms with Gasteiger partial charge in [0.15, 0.2) is 11.5 Å². The summed E-state index contributed by atoms with van der Waals surface area (Å²) in [5, 5.41) is 11.1. The number of thioether (sulfide) groups is 1. The molecule has 0 aliphatic carbocycles. The Labute approximate surface area is 231 Å². The van der Waals surface area contributed by atoms with Gasteiger partial charge in [-0.25, -0.2) is 9.79 Å². The summed E-state index contributed by atoms with van der Waals surface area (Å²) in [7, 11) is 0. The standard InChI is InChI=1S/C31H29NO6S/c1-4-36-25-17-22(13-16-24(25)38-19-21-9-7-6-8-10-21)18-26-28(33)27(31(35)37-5-2)30(39-26)32-29(34)23-14-11-20(3)12-15-23/h6-18,33H,4-5,19H2,1-3H3/b26-18-,32-30?. The first kappa shape index (κ1) is 27.7. The highest BCUT2D eigenvalue weighted by molar-refractivity contribution is 8.18. The van der Waals surface area contributed by atoms with Crippen molar-refractivity contribution < 1.29 is 28.9 Å². The molecule has 3 aromatic carbocycles. The number of nitrogens with zero attached hydrogens (tertiary/aromatic N) is 1. The zero-order valence-corrected chi connectivity index (χ0v) is 22.8. The van der Waals surface area contributed by atoms with Crippen LogP contribution in [0.1, 0.15) is 40.9 Å². The molecule has 3 aromatic rings. The monoisotopic (exact) mass is 543 g/mol. The van der Waals surface area contributed by atoms with E-state index in [1.807, 2.05) is 62.4 Å². The van der Waals surface area contributed by atoms with Crippen molar-refractivity contribution in [2.45, 2.75) is 27.4 Å². The van der Waals surface area contributed by atoms with E-state index in [1.165, 1.54) is 0 Å². The highest BCUT2D eigenvalue weighted by atomic mass is 32.2. The van der Waals surface area contributed by atoms with Gasteiger partial charge in [-0.05, 0) is 62.2 Å². The van der Waals surface area contributed by atoms with Crippen molar-refractivity contribution in [1.29, 1.82) is 0 Å². The second kappa shape index (κ2) is 13.0. The average Bonchev–Trinajstić information content (AvgIpc) is 3.23. The van der Waals surface area contributed by atoms with Gasteiger partial charge in [-0.3, -0.25) is 4.79 Å². The van der Waals surface area contributed by atoms with E-state index in [4.69, 9.17) is 14.2 Å². The zero-order valence-electron chi connectivity index (χ0n) is 22.0. The number of rotatable bonds is 9. The number of amides is 1. The molecular formula is C31H29NO6S. The summed E-state index contributed by atoms with van der Waals surface area (Å²) >= 11 is 1.03. The second-order valence-corrected chi connectivity index (χ2v) is 9.59. The van der Waals surface area contributed by atoms with Crippen molar-refractivity contribution >= 4 is 34.8 Å². The fourth-order valence-corrected chi connectivity index (χ4v) is 4.75. The van der Waals surface area contributed by atoms with Crippen LogP contribution in [0.3, 0.4) is 0 Å². The largest absolute Gasteiger partial charge is 0.506 e. The Morgan fingerprint density at radius 1 is 0.923 bits per heavy atom. The first-order valence-electron chi connectivity index (χ1n) is 12.5. The van der Waals surface area contributed by atoms with Crippen LogP contribution in [0.15, 0.2) is 94.0 Å². The predicted octanol–water partition coefficient (Wildman–Crippen LogP) is 6.67. The van der Waals surface area contributed by atoms with E-state index in [0.717, 1.165) is 22.9 Å². The summed E-state index contributed by atoms with van der Waals surface area (Å²) in [4.78, 5) is 30.0. The summed E-state index contributed by atoms with van der Waals surface area (Å²) in [5.74, 6) is -0.438. The number of aliphatic hydroxyl groups excluding tert-OH is 1. The highest BCUT2D eigenvalue weighted by Gasteiger charge is 2.34. The van der Waals surface area contributed by atoms with Crippen LogP contribution in [0.25, 0.3) is 6.08 Å². The van der Waals surface area contributed by atoms with Gasteiger partial charge in [0.1, 0.15) is 23.0 Å². The summed E-state index contributed by atoms with van der Waals surface area (Å²) in [6.45, 7) is 6.40. The Morgan fingerprint density at radius 3 is 2.36 bits per heavy atom. The Balaban J connectivity index is 1.63. The fourth-order valence-electron chi connectivity index (χ4n) is 3.73. The number of hydrogen-bond donors (Lipinski definition) is 1. The molecule has 39 heavy (non-hydrogen) atoms. The molecule has 1 aliphatic rings. The van der Waals surface area contributed by atoms with Gasteiger partial charge in [-0.1, -0.05) is 65.9 Å². The molecule has 0 atom stereocenters. The van der Waals surface area contributed by atoms with Crippen LogP contribution in [-0.4, -0.2) is 35.2 Å². The van der Waals surface area contributed by atoms with Crippen LogP contribution in [-0.2, 0) is 16.1 Å². The van der Waals surface area contributed by atoms with Crippen LogP contribution in [0.2, 0.25) is 0 Å². The molecule has 1 amide bonds. The number of hydrogen-bond acceptors (Lipinski definition) is 7. The topological polar surface area (TPSA) is 94.4 Å². The highest BCUT2D eigenvalue weighted by Crippen LogP contribution is 2.40. The lowest BCUT2D eigenvalue weighted by atomic mass is 10.1. The number of aliphatic hydroxyl groups is 1. The molecule has 1 heterocycles. The van der Waals surface area contributed by atoms with Gasteiger partial charge in [0.05, 0.1) is 18.1 Å². The molecule has 4 rings (SSSR count). The van der Waals surface area contributed by atoms with Crippen molar-refractivity contribution in [1.82, 2.24) is 0 Å². The summed E-state index contributed by atoms with van der Waals surface area (Å²) < 4.78 is 16.9. The van der Waals surface area contributed by atoms with E-state index >= 15 is 0 Å². The molecule has 1 N–H and O–H groups in total. The number of aliphatic imine (C=N–C) groups is 1. The van der Waals surface area contributed by atoms with Gasteiger partial charge in [0.2, 0.25) is 0 Å². The summed E-state index contributed by atoms with van der Waals surface area (Å²) in [6, 6.07) is 22.2. The van der Waals surface area contributed by atoms with Gasteiger partial charge in [0.25, 0.3) is 5.91 Å². The van der Waals surface area contributed by atoms with Gasteiger partial charge in [-0.15, -0.1) is 0 Å². The van der Waals surface area contributed by atoms with Crippen LogP contribution >= 0.6 is 11.8 Å². The minimum atomic E-state index is -0.749. The van der Waals surface area contributed by atoms with Crippen LogP contribution < -0.4 is 9.47 Å². The third-order valence-corrected chi connectivity index (χ3v) is 6.69. The van der Waals surface area contributed by atoms with E-state index in [2.05, 4.69) is 4.99 Å². The lowest BCUT2D eigenvalue weighted by molar-refractivity contribution is -0.138. The van der Waals surface area contributed by atoms with E-state index < -0.39 is 11.9 Å². The molecule has 0 spiro atoms. The quantitative estimate of drug-likeness (QED) is 0.301. The van der Waals surface area contributed by atoms with Crippen molar-refractivity contribution in [3.05, 3.63) is 111 Å². The van der Waals surface area contributed by atoms with Crippen molar-refractivity contribution in [2.75, 3.05) is 13.2 Å². The molecule has 0 fully saturated rings. The first-order chi connectivity index (χ1) is 18.9. The number of esters is 1. The second-order valence-electron chi connectivity index (χ2n) is 8.56. The Bertz CT molecular complexity index is 1440. The van der Waals surface area contributed by atoms with Crippen LogP contribution in [0.5, 0.6) is 11.5 Å². The van der Waals surface area contributed by atoms with Crippen LogP contribution in [0.4, 0.5) is 0 Å². The molecular weight excluding hydrogens is 514 g/mol. The maximum absolute atomic E-state index is 12.8. The van der Waals surface area contributed by atoms with Crippen molar-refractivity contribution in [2.24, 2.45) is 4.99 Å². The van der Waals surface area contributed by atoms with Crippen LogP contribution in [0, 0.1) is 6.92 Å². The van der Waals surface area contributed by atoms with Crippen molar-refractivity contribution in [3.8, 4) is 11.5 Å². The van der Waals surface area contributed by atoms with E-state index in [-0.39, 0.29) is 23.0 Å². The lowest BCUT2D eigenvalue weighted by Gasteiger charge is -2.13. The minimum absolute atomic E-state index is 0.0793. The van der Waals surface area contributed by atoms with Gasteiger partial charge in [-0.2, -0.15) is 0 Å². The fraction of sp³-hybridized carbons (Fsp3) is 0.194. The van der Waals surface area contributed by atoms with Gasteiger partial charge < -0.3 is 19.3 Å². The molecule has 200 valence electrons. The summed E-state index contributed by atoms with van der Waals surface area (Å²) in [5.41, 5.74) is 2.98. The third-order valence-electron chi connectivity index (χ3n) is 5.67. The Hall–Kier alpha value is -4.30. The van der Waals surface area contributed by atoms with E-state index in [0.29, 0.717) is 40.7 Å². The first-order valence-corrected chi connectivity index (χ1v) is 13.3. The maximum Gasteiger partial charge on any atom is 0.344 e. The number of carbonyl (C=O) groups is 2. The molecule has 0 radical (unpaired) electrons. The number of ether oxygens (including phenoxy) is 3. The third kappa shape index (κ3) is 6.97. The van der Waals surface area contributed by atoms with Gasteiger partial charge in [0, 0.05) is 5.56 Å². The minimum Gasteiger partial charge on any atom is -0.506 e. The molecule has 8 heteroatoms. The molecule has 0 bridgehead atoms. The van der Waals surface area contributed by atoms with E-state index in [1.54, 1.807) is 37.3 Å². The molecule has 7 nitrogen and oxygen atoms in total. The Kier molecular flexibility index (Phi) is 9.22. The average molecular weight is 544 g/mol. The number of carbonyl (C=O) groups excluding carboxylic acids is 2. The maximum atomic E-state index is 12.8. The normalized spacial score (nSPS) is 15.1. The number of aryl methyl sites for hydroxylation is 1. The lowest BCUT2D eigenvalue weighted by Crippen LogP contribution is -2.14. The Morgan fingerprint density at radius 2 is 1.67 bits per heavy atom. The molecule has 0 saturated heterocycles. The van der Waals surface area contributed by atoms with Gasteiger partial charge >= 0.3 is 5.97 Å². The summed E-state index contributed by atoms with van der Waals surface area (Å²) in [6.07, 6.45) is 1.70. The predicted molar refractivity (Wildman–Crippen MR) is 153 cm³/mol. The number of benzene rings is 3. The van der Waals surface area contributed by atoms with Crippen molar-refractivity contribution in [3.63, 3.8) is 0 Å². The molecule has 1 aliphatic heterocycles. The molecule has 0 unspecified atom stereocenters. The SMILES string of the molecule is CCOC(=O)C1=C(O)/C(=C/c2ccc(OCc3ccccc3)c(OCC)c2)SC1=NC(=O)c1ccc(C)cc1. The smallest absolute Gasteiger partial charge is 0.344 e. The molecule has 0 saturated carbocycles. The van der Waals surface area contributed by atoms with E-state index in [9.17, 15) is 14.7 Å².